The molecule has 2 aromatic rings. The summed E-state index contributed by atoms with van der Waals surface area (Å²) in [5.41, 5.74) is 2.32. The average Bonchev–Trinajstić information content (AvgIpc) is 2.38. The Kier molecular flexibility index (Phi) is 4.61. The van der Waals surface area contributed by atoms with Crippen LogP contribution in [-0.4, -0.2) is 9.97 Å². The van der Waals surface area contributed by atoms with E-state index in [1.165, 1.54) is 5.56 Å². The molecule has 0 saturated heterocycles. The molecule has 0 aliphatic rings. The standard InChI is InChI=1S/C16H20ClN3/c1-10(2)12-7-5-6-8-13(12)18-15-9-14(17)19-16(20-15)11(3)4/h5-11H,1-4H3,(H,18,19,20). The molecule has 106 valence electrons. The zero-order valence-electron chi connectivity index (χ0n) is 12.3. The molecule has 20 heavy (non-hydrogen) atoms. The SMILES string of the molecule is CC(C)c1nc(Cl)cc(Nc2ccccc2C(C)C)n1. The summed E-state index contributed by atoms with van der Waals surface area (Å²) < 4.78 is 0. The number of halogens is 1. The van der Waals surface area contributed by atoms with Crippen LogP contribution >= 0.6 is 11.6 Å². The summed E-state index contributed by atoms with van der Waals surface area (Å²) in [5, 5.41) is 3.82. The van der Waals surface area contributed by atoms with E-state index in [-0.39, 0.29) is 5.92 Å². The second-order valence-electron chi connectivity index (χ2n) is 5.46. The minimum atomic E-state index is 0.245. The maximum atomic E-state index is 6.07. The highest BCUT2D eigenvalue weighted by molar-refractivity contribution is 6.29. The lowest BCUT2D eigenvalue weighted by atomic mass is 10.0. The van der Waals surface area contributed by atoms with Gasteiger partial charge in [0.15, 0.2) is 0 Å². The van der Waals surface area contributed by atoms with Gasteiger partial charge in [-0.1, -0.05) is 57.5 Å². The maximum absolute atomic E-state index is 6.07. The van der Waals surface area contributed by atoms with Gasteiger partial charge in [-0.05, 0) is 17.5 Å². The van der Waals surface area contributed by atoms with Gasteiger partial charge in [0.1, 0.15) is 16.8 Å². The van der Waals surface area contributed by atoms with E-state index < -0.39 is 0 Å². The van der Waals surface area contributed by atoms with Crippen molar-refractivity contribution in [3.8, 4) is 0 Å². The number of benzene rings is 1. The molecular weight excluding hydrogens is 270 g/mol. The molecule has 3 nitrogen and oxygen atoms in total. The minimum Gasteiger partial charge on any atom is -0.340 e. The average molecular weight is 290 g/mol. The van der Waals surface area contributed by atoms with Gasteiger partial charge >= 0.3 is 0 Å². The minimum absolute atomic E-state index is 0.245. The Morgan fingerprint density at radius 2 is 1.70 bits per heavy atom. The summed E-state index contributed by atoms with van der Waals surface area (Å²) in [6.45, 7) is 8.45. The van der Waals surface area contributed by atoms with E-state index in [0.717, 1.165) is 17.3 Å². The fourth-order valence-corrected chi connectivity index (χ4v) is 2.20. The van der Waals surface area contributed by atoms with Crippen molar-refractivity contribution in [1.29, 1.82) is 0 Å². The summed E-state index contributed by atoms with van der Waals surface area (Å²) in [6, 6.07) is 10.00. The van der Waals surface area contributed by atoms with E-state index in [2.05, 4.69) is 55.1 Å². The first-order valence-corrected chi connectivity index (χ1v) is 7.25. The summed E-state index contributed by atoms with van der Waals surface area (Å²) >= 11 is 6.07. The second kappa shape index (κ2) is 6.23. The fraction of sp³-hybridized carbons (Fsp3) is 0.375. The van der Waals surface area contributed by atoms with Crippen molar-refractivity contribution in [2.75, 3.05) is 5.32 Å². The first-order chi connectivity index (χ1) is 9.47. The molecule has 0 amide bonds. The molecular formula is C16H20ClN3. The lowest BCUT2D eigenvalue weighted by Crippen LogP contribution is -2.04. The van der Waals surface area contributed by atoms with Gasteiger partial charge in [0.05, 0.1) is 0 Å². The number of hydrogen-bond donors (Lipinski definition) is 1. The predicted octanol–water partition coefficient (Wildman–Crippen LogP) is 5.12. The number of hydrogen-bond acceptors (Lipinski definition) is 3. The van der Waals surface area contributed by atoms with Gasteiger partial charge in [-0.15, -0.1) is 0 Å². The van der Waals surface area contributed by atoms with Crippen LogP contribution in [0.4, 0.5) is 11.5 Å². The largest absolute Gasteiger partial charge is 0.340 e. The Morgan fingerprint density at radius 1 is 1.00 bits per heavy atom. The smallest absolute Gasteiger partial charge is 0.135 e. The second-order valence-corrected chi connectivity index (χ2v) is 5.84. The molecule has 0 aliphatic heterocycles. The van der Waals surface area contributed by atoms with Gasteiger partial charge in [0.2, 0.25) is 0 Å². The first-order valence-electron chi connectivity index (χ1n) is 6.87. The molecule has 0 aliphatic carbocycles. The molecule has 0 bridgehead atoms. The van der Waals surface area contributed by atoms with Crippen LogP contribution < -0.4 is 5.32 Å². The molecule has 0 fully saturated rings. The number of aromatic nitrogens is 2. The highest BCUT2D eigenvalue weighted by atomic mass is 35.5. The van der Waals surface area contributed by atoms with E-state index in [1.807, 2.05) is 12.1 Å². The van der Waals surface area contributed by atoms with E-state index in [9.17, 15) is 0 Å². The summed E-state index contributed by atoms with van der Waals surface area (Å²) in [5.74, 6) is 2.18. The van der Waals surface area contributed by atoms with Crippen LogP contribution in [0.3, 0.4) is 0 Å². The number of anilines is 2. The number of rotatable bonds is 4. The van der Waals surface area contributed by atoms with Crippen molar-refractivity contribution < 1.29 is 0 Å². The number of nitrogens with zero attached hydrogens (tertiary/aromatic N) is 2. The van der Waals surface area contributed by atoms with Crippen LogP contribution in [0.25, 0.3) is 0 Å². The first kappa shape index (κ1) is 14.8. The van der Waals surface area contributed by atoms with Crippen LogP contribution in [0, 0.1) is 0 Å². The molecule has 1 aromatic carbocycles. The Bertz CT molecular complexity index is 594. The van der Waals surface area contributed by atoms with Crippen molar-refractivity contribution in [2.24, 2.45) is 0 Å². The van der Waals surface area contributed by atoms with E-state index in [4.69, 9.17) is 11.6 Å². The van der Waals surface area contributed by atoms with Gasteiger partial charge in [0, 0.05) is 17.7 Å². The van der Waals surface area contributed by atoms with E-state index in [0.29, 0.717) is 11.1 Å². The van der Waals surface area contributed by atoms with Gasteiger partial charge in [-0.3, -0.25) is 0 Å². The lowest BCUT2D eigenvalue weighted by Gasteiger charge is -2.15. The molecule has 0 unspecified atom stereocenters. The monoisotopic (exact) mass is 289 g/mol. The molecule has 2 rings (SSSR count). The van der Waals surface area contributed by atoms with E-state index in [1.54, 1.807) is 6.07 Å². The third-order valence-electron chi connectivity index (χ3n) is 3.07. The molecule has 0 saturated carbocycles. The third kappa shape index (κ3) is 3.48. The van der Waals surface area contributed by atoms with Crippen molar-refractivity contribution in [3.05, 3.63) is 46.9 Å². The predicted molar refractivity (Wildman–Crippen MR) is 84.9 cm³/mol. The molecule has 0 spiro atoms. The molecule has 1 aromatic heterocycles. The third-order valence-corrected chi connectivity index (χ3v) is 3.27. The maximum Gasteiger partial charge on any atom is 0.135 e. The Labute approximate surface area is 125 Å². The van der Waals surface area contributed by atoms with Crippen LogP contribution in [0.15, 0.2) is 30.3 Å². The van der Waals surface area contributed by atoms with Crippen LogP contribution in [0.5, 0.6) is 0 Å². The zero-order valence-corrected chi connectivity index (χ0v) is 13.1. The van der Waals surface area contributed by atoms with Crippen LogP contribution in [0.1, 0.15) is 50.9 Å². The van der Waals surface area contributed by atoms with Crippen LogP contribution in [0.2, 0.25) is 5.15 Å². The summed E-state index contributed by atoms with van der Waals surface area (Å²) in [7, 11) is 0. The summed E-state index contributed by atoms with van der Waals surface area (Å²) in [4.78, 5) is 8.77. The molecule has 4 heteroatoms. The quantitative estimate of drug-likeness (QED) is 0.794. The zero-order chi connectivity index (χ0) is 14.7. The van der Waals surface area contributed by atoms with Crippen molar-refractivity contribution in [1.82, 2.24) is 9.97 Å². The van der Waals surface area contributed by atoms with Crippen molar-refractivity contribution >= 4 is 23.1 Å². The summed E-state index contributed by atoms with van der Waals surface area (Å²) in [6.07, 6.45) is 0. The molecule has 1 N–H and O–H groups in total. The molecule has 0 atom stereocenters. The number of nitrogens with one attached hydrogen (secondary N) is 1. The van der Waals surface area contributed by atoms with Crippen LogP contribution in [-0.2, 0) is 0 Å². The van der Waals surface area contributed by atoms with Crippen molar-refractivity contribution in [3.63, 3.8) is 0 Å². The Balaban J connectivity index is 2.35. The highest BCUT2D eigenvalue weighted by Crippen LogP contribution is 2.27. The van der Waals surface area contributed by atoms with Gasteiger partial charge in [-0.2, -0.15) is 0 Å². The fourth-order valence-electron chi connectivity index (χ4n) is 2.01. The number of para-hydroxylation sites is 1. The van der Waals surface area contributed by atoms with Crippen molar-refractivity contribution in [2.45, 2.75) is 39.5 Å². The van der Waals surface area contributed by atoms with Gasteiger partial charge < -0.3 is 5.32 Å². The topological polar surface area (TPSA) is 37.8 Å². The van der Waals surface area contributed by atoms with E-state index >= 15 is 0 Å². The Hall–Kier alpha value is -1.61. The molecule has 1 heterocycles. The highest BCUT2D eigenvalue weighted by Gasteiger charge is 2.10. The Morgan fingerprint density at radius 3 is 2.35 bits per heavy atom. The van der Waals surface area contributed by atoms with Gasteiger partial charge in [0.25, 0.3) is 0 Å². The molecule has 0 radical (unpaired) electrons. The lowest BCUT2D eigenvalue weighted by molar-refractivity contribution is 0.776. The van der Waals surface area contributed by atoms with Gasteiger partial charge in [-0.25, -0.2) is 9.97 Å². The normalized spacial score (nSPS) is 11.2.